The van der Waals surface area contributed by atoms with Gasteiger partial charge in [0.1, 0.15) is 11.0 Å². The normalized spacial score (nSPS) is 43.7. The summed E-state index contributed by atoms with van der Waals surface area (Å²) >= 11 is 0. The van der Waals surface area contributed by atoms with Gasteiger partial charge < -0.3 is 20.1 Å². The molecule has 3 aliphatic rings. The van der Waals surface area contributed by atoms with E-state index in [2.05, 4.69) is 13.8 Å². The fourth-order valence-corrected chi connectivity index (χ4v) is 6.18. The van der Waals surface area contributed by atoms with Gasteiger partial charge in [0.2, 0.25) is 0 Å². The van der Waals surface area contributed by atoms with Crippen molar-refractivity contribution in [1.82, 2.24) is 0 Å². The van der Waals surface area contributed by atoms with Gasteiger partial charge in [-0.2, -0.15) is 0 Å². The van der Waals surface area contributed by atoms with Gasteiger partial charge in [-0.1, -0.05) is 19.4 Å². The van der Waals surface area contributed by atoms with Crippen LogP contribution in [0.5, 0.6) is 0 Å². The van der Waals surface area contributed by atoms with E-state index >= 15 is 0 Å². The first-order valence-electron chi connectivity index (χ1n) is 9.64. The molecule has 1 heterocycles. The second kappa shape index (κ2) is 6.67. The lowest BCUT2D eigenvalue weighted by Crippen LogP contribution is -2.67. The number of ether oxygens (including phenoxy) is 1. The van der Waals surface area contributed by atoms with Gasteiger partial charge in [-0.3, -0.25) is 4.79 Å². The van der Waals surface area contributed by atoms with E-state index in [-0.39, 0.29) is 43.0 Å². The Hall–Kier alpha value is -0.910. The van der Waals surface area contributed by atoms with Gasteiger partial charge in [-0.25, -0.2) is 0 Å². The van der Waals surface area contributed by atoms with Gasteiger partial charge >= 0.3 is 5.97 Å². The highest BCUT2D eigenvalue weighted by atomic mass is 16.6. The average molecular weight is 352 g/mol. The lowest BCUT2D eigenvalue weighted by molar-refractivity contribution is -0.251. The molecule has 3 fully saturated rings. The summed E-state index contributed by atoms with van der Waals surface area (Å²) in [5.74, 6) is 0.280. The predicted molar refractivity (Wildman–Crippen MR) is 93.7 cm³/mol. The Morgan fingerprint density at radius 2 is 2.08 bits per heavy atom. The fraction of sp³-hybridized carbons (Fsp3) is 0.850. The van der Waals surface area contributed by atoms with Crippen LogP contribution in [0.1, 0.15) is 58.8 Å². The van der Waals surface area contributed by atoms with E-state index in [1.54, 1.807) is 6.08 Å². The van der Waals surface area contributed by atoms with Gasteiger partial charge in [-0.15, -0.1) is 0 Å². The second-order valence-electron chi connectivity index (χ2n) is 8.59. The maximum Gasteiger partial charge on any atom is 0.317 e. The topological polar surface area (TPSA) is 87.0 Å². The fourth-order valence-electron chi connectivity index (χ4n) is 6.18. The molecular formula is C20H32O5. The monoisotopic (exact) mass is 352 g/mol. The van der Waals surface area contributed by atoms with Crippen LogP contribution in [0, 0.1) is 22.7 Å². The van der Waals surface area contributed by atoms with Crippen molar-refractivity contribution in [3.05, 3.63) is 11.6 Å². The zero-order chi connectivity index (χ0) is 18.3. The van der Waals surface area contributed by atoms with Gasteiger partial charge in [0, 0.05) is 12.0 Å². The zero-order valence-corrected chi connectivity index (χ0v) is 15.5. The van der Waals surface area contributed by atoms with E-state index < -0.39 is 11.0 Å². The number of carbonyl (C=O) groups excluding carboxylic acids is 1. The highest BCUT2D eigenvalue weighted by molar-refractivity contribution is 5.86. The summed E-state index contributed by atoms with van der Waals surface area (Å²) < 4.78 is 5.68. The van der Waals surface area contributed by atoms with Crippen LogP contribution < -0.4 is 0 Å². The van der Waals surface area contributed by atoms with Crippen LogP contribution in [0.3, 0.4) is 0 Å². The van der Waals surface area contributed by atoms with Crippen LogP contribution >= 0.6 is 0 Å². The summed E-state index contributed by atoms with van der Waals surface area (Å²) in [6.07, 6.45) is 7.79. The average Bonchev–Trinajstić information content (AvgIpc) is 2.80. The number of aliphatic hydroxyl groups excluding tert-OH is 3. The number of esters is 1. The number of aliphatic hydroxyl groups is 3. The SMILES string of the molecule is CC1CC23C(=O)OC2(C)CCCCC3C1(CO)CCC(=CCO)CO. The van der Waals surface area contributed by atoms with Gasteiger partial charge in [0.15, 0.2) is 0 Å². The third-order valence-electron chi connectivity index (χ3n) is 7.71. The van der Waals surface area contributed by atoms with E-state index in [4.69, 9.17) is 9.84 Å². The van der Waals surface area contributed by atoms with Crippen molar-refractivity contribution in [3.8, 4) is 0 Å². The quantitative estimate of drug-likeness (QED) is 0.504. The molecule has 142 valence electrons. The van der Waals surface area contributed by atoms with Crippen LogP contribution in [0.15, 0.2) is 11.6 Å². The highest BCUT2D eigenvalue weighted by Crippen LogP contribution is 2.71. The molecule has 5 heteroatoms. The molecule has 1 aliphatic heterocycles. The minimum Gasteiger partial charge on any atom is -0.458 e. The molecule has 0 bridgehead atoms. The van der Waals surface area contributed by atoms with Crippen molar-refractivity contribution in [1.29, 1.82) is 0 Å². The summed E-state index contributed by atoms with van der Waals surface area (Å²) in [5, 5.41) is 29.1. The van der Waals surface area contributed by atoms with Gasteiger partial charge in [0.05, 0.1) is 13.2 Å². The number of carbonyl (C=O) groups is 1. The molecule has 25 heavy (non-hydrogen) atoms. The first-order chi connectivity index (χ1) is 11.9. The Balaban J connectivity index is 1.94. The molecule has 5 unspecified atom stereocenters. The van der Waals surface area contributed by atoms with Crippen molar-refractivity contribution in [2.75, 3.05) is 19.8 Å². The first kappa shape index (κ1) is 18.9. The van der Waals surface area contributed by atoms with Crippen LogP contribution in [0.4, 0.5) is 0 Å². The second-order valence-corrected chi connectivity index (χ2v) is 8.59. The lowest BCUT2D eigenvalue weighted by atomic mass is 9.56. The number of hydrogen-bond acceptors (Lipinski definition) is 5. The molecule has 5 nitrogen and oxygen atoms in total. The van der Waals surface area contributed by atoms with E-state index in [1.165, 1.54) is 0 Å². The van der Waals surface area contributed by atoms with Crippen LogP contribution in [0.25, 0.3) is 0 Å². The Labute approximate surface area is 150 Å². The summed E-state index contributed by atoms with van der Waals surface area (Å²) in [4.78, 5) is 12.7. The van der Waals surface area contributed by atoms with E-state index in [0.29, 0.717) is 6.42 Å². The highest BCUT2D eigenvalue weighted by Gasteiger charge is 2.77. The van der Waals surface area contributed by atoms with E-state index in [1.807, 2.05) is 0 Å². The first-order valence-corrected chi connectivity index (χ1v) is 9.64. The van der Waals surface area contributed by atoms with Gasteiger partial charge in [0.25, 0.3) is 0 Å². The van der Waals surface area contributed by atoms with Crippen LogP contribution in [-0.4, -0.2) is 46.7 Å². The third-order valence-corrected chi connectivity index (χ3v) is 7.71. The number of hydrogen-bond donors (Lipinski definition) is 3. The summed E-state index contributed by atoms with van der Waals surface area (Å²) in [6, 6.07) is 0. The minimum absolute atomic E-state index is 0.0573. The molecule has 0 radical (unpaired) electrons. The molecule has 2 aliphatic carbocycles. The summed E-state index contributed by atoms with van der Waals surface area (Å²) in [5.41, 5.74) is -0.367. The molecule has 0 aromatic rings. The molecule has 3 rings (SSSR count). The maximum atomic E-state index is 12.7. The summed E-state index contributed by atoms with van der Waals surface area (Å²) in [7, 11) is 0. The molecule has 3 N–H and O–H groups in total. The molecule has 0 aromatic heterocycles. The zero-order valence-electron chi connectivity index (χ0n) is 15.5. The molecule has 0 aromatic carbocycles. The Bertz CT molecular complexity index is 558. The Morgan fingerprint density at radius 3 is 2.68 bits per heavy atom. The van der Waals surface area contributed by atoms with Crippen molar-refractivity contribution < 1.29 is 24.9 Å². The van der Waals surface area contributed by atoms with Gasteiger partial charge in [-0.05, 0) is 62.9 Å². The smallest absolute Gasteiger partial charge is 0.317 e. The third kappa shape index (κ3) is 2.50. The van der Waals surface area contributed by atoms with E-state index in [9.17, 15) is 15.0 Å². The molecule has 5 atom stereocenters. The Morgan fingerprint density at radius 1 is 1.32 bits per heavy atom. The minimum atomic E-state index is -0.453. The summed E-state index contributed by atoms with van der Waals surface area (Å²) in [6.45, 7) is 4.13. The predicted octanol–water partition coefficient (Wildman–Crippen LogP) is 2.19. The largest absolute Gasteiger partial charge is 0.458 e. The molecule has 0 amide bonds. The molecule has 1 spiro atoms. The molecule has 2 saturated carbocycles. The van der Waals surface area contributed by atoms with Crippen molar-refractivity contribution in [3.63, 3.8) is 0 Å². The standard InChI is InChI=1S/C20H32O5/c1-14-11-20-16(5-3-4-8-18(20,2)25-17(20)24)19(14,13-23)9-6-15(12-22)7-10-21/h7,14,16,21-23H,3-6,8-13H2,1-2H3. The Kier molecular flexibility index (Phi) is 5.04. The van der Waals surface area contributed by atoms with Crippen molar-refractivity contribution in [2.24, 2.45) is 22.7 Å². The number of rotatable bonds is 6. The van der Waals surface area contributed by atoms with Crippen LogP contribution in [0.2, 0.25) is 0 Å². The van der Waals surface area contributed by atoms with Crippen molar-refractivity contribution >= 4 is 5.97 Å². The van der Waals surface area contributed by atoms with E-state index in [0.717, 1.165) is 44.1 Å². The van der Waals surface area contributed by atoms with Crippen LogP contribution in [-0.2, 0) is 9.53 Å². The lowest BCUT2D eigenvalue weighted by Gasteiger charge is -2.57. The molecular weight excluding hydrogens is 320 g/mol. The molecule has 1 saturated heterocycles. The maximum absolute atomic E-state index is 12.7. The van der Waals surface area contributed by atoms with Crippen molar-refractivity contribution in [2.45, 2.75) is 64.4 Å².